The van der Waals surface area contributed by atoms with E-state index in [0.29, 0.717) is 18.7 Å². The standard InChI is InChI=1S/C18H18BrN3O4S/c19-13-3-5-14(6-4-13)22-17(23)11-16(18(22)24)21-10-9-12-1-7-15(8-2-12)27(20,25)26/h1-8,16,21H,9-11H2,(H2,20,25,26)/p+1/t16-/m1/s1. The van der Waals surface area contributed by atoms with Gasteiger partial charge in [0.15, 0.2) is 6.04 Å². The van der Waals surface area contributed by atoms with Gasteiger partial charge in [-0.05, 0) is 42.0 Å². The first-order chi connectivity index (χ1) is 12.8. The topological polar surface area (TPSA) is 114 Å². The zero-order valence-electron chi connectivity index (χ0n) is 14.3. The summed E-state index contributed by atoms with van der Waals surface area (Å²) in [4.78, 5) is 26.1. The number of primary sulfonamides is 1. The van der Waals surface area contributed by atoms with Crippen molar-refractivity contribution in [1.82, 2.24) is 0 Å². The quantitative estimate of drug-likeness (QED) is 0.622. The number of imide groups is 1. The van der Waals surface area contributed by atoms with E-state index >= 15 is 0 Å². The summed E-state index contributed by atoms with van der Waals surface area (Å²) < 4.78 is 23.4. The molecule has 1 saturated heterocycles. The summed E-state index contributed by atoms with van der Waals surface area (Å²) in [6.45, 7) is 0.604. The van der Waals surface area contributed by atoms with E-state index in [1.807, 2.05) is 5.32 Å². The molecule has 1 aliphatic heterocycles. The molecular weight excluding hydrogens is 434 g/mol. The second-order valence-electron chi connectivity index (χ2n) is 6.32. The van der Waals surface area contributed by atoms with Crippen molar-refractivity contribution in [2.75, 3.05) is 11.4 Å². The number of rotatable bonds is 6. The maximum atomic E-state index is 12.6. The summed E-state index contributed by atoms with van der Waals surface area (Å²) in [5.41, 5.74) is 1.50. The summed E-state index contributed by atoms with van der Waals surface area (Å²) in [5, 5.41) is 6.93. The molecule has 1 fully saturated rings. The largest absolute Gasteiger partial charge is 0.335 e. The number of hydrogen-bond acceptors (Lipinski definition) is 4. The molecule has 1 aliphatic rings. The van der Waals surface area contributed by atoms with Crippen LogP contribution in [0.2, 0.25) is 0 Å². The van der Waals surface area contributed by atoms with Crippen molar-refractivity contribution in [3.05, 3.63) is 58.6 Å². The molecule has 27 heavy (non-hydrogen) atoms. The molecule has 0 unspecified atom stereocenters. The van der Waals surface area contributed by atoms with Gasteiger partial charge in [-0.15, -0.1) is 0 Å². The van der Waals surface area contributed by atoms with Gasteiger partial charge in [0.1, 0.15) is 0 Å². The minimum Gasteiger partial charge on any atom is -0.335 e. The van der Waals surface area contributed by atoms with Gasteiger partial charge in [0.25, 0.3) is 5.91 Å². The Morgan fingerprint density at radius 1 is 1.07 bits per heavy atom. The molecule has 2 aromatic rings. The van der Waals surface area contributed by atoms with Crippen molar-refractivity contribution < 1.29 is 23.3 Å². The average Bonchev–Trinajstić information content (AvgIpc) is 2.89. The SMILES string of the molecule is NS(=O)(=O)c1ccc(CC[NH2+][C@@H]2CC(=O)N(c3ccc(Br)cc3)C2=O)cc1. The number of carbonyl (C=O) groups excluding carboxylic acids is 2. The van der Waals surface area contributed by atoms with Gasteiger partial charge in [-0.25, -0.2) is 18.5 Å². The molecule has 0 aromatic heterocycles. The molecule has 0 aliphatic carbocycles. The van der Waals surface area contributed by atoms with Gasteiger partial charge in [-0.2, -0.15) is 0 Å². The van der Waals surface area contributed by atoms with Crippen LogP contribution in [0, 0.1) is 0 Å². The predicted octanol–water partition coefficient (Wildman–Crippen LogP) is 0.535. The summed E-state index contributed by atoms with van der Waals surface area (Å²) in [5.74, 6) is -0.423. The van der Waals surface area contributed by atoms with E-state index in [0.717, 1.165) is 10.0 Å². The summed E-state index contributed by atoms with van der Waals surface area (Å²) in [7, 11) is -3.70. The van der Waals surface area contributed by atoms with Crippen LogP contribution in [0.15, 0.2) is 57.9 Å². The van der Waals surface area contributed by atoms with Crippen LogP contribution in [0.3, 0.4) is 0 Å². The van der Waals surface area contributed by atoms with Crippen LogP contribution in [0.1, 0.15) is 12.0 Å². The van der Waals surface area contributed by atoms with E-state index in [9.17, 15) is 18.0 Å². The number of halogens is 1. The average molecular weight is 453 g/mol. The Balaban J connectivity index is 1.58. The fraction of sp³-hybridized carbons (Fsp3) is 0.222. The second-order valence-corrected chi connectivity index (χ2v) is 8.79. The maximum Gasteiger partial charge on any atom is 0.292 e. The van der Waals surface area contributed by atoms with Crippen LogP contribution >= 0.6 is 15.9 Å². The number of nitrogens with two attached hydrogens (primary N) is 2. The molecule has 2 amide bonds. The van der Waals surface area contributed by atoms with E-state index in [1.165, 1.54) is 17.0 Å². The van der Waals surface area contributed by atoms with E-state index in [1.54, 1.807) is 36.4 Å². The third kappa shape index (κ3) is 4.62. The van der Waals surface area contributed by atoms with Gasteiger partial charge in [0.05, 0.1) is 23.5 Å². The second kappa shape index (κ2) is 7.89. The highest BCUT2D eigenvalue weighted by Gasteiger charge is 2.41. The Kier molecular flexibility index (Phi) is 5.75. The van der Waals surface area contributed by atoms with Gasteiger partial charge in [0, 0.05) is 10.9 Å². The predicted molar refractivity (Wildman–Crippen MR) is 103 cm³/mol. The number of benzene rings is 2. The molecule has 9 heteroatoms. The van der Waals surface area contributed by atoms with Gasteiger partial charge >= 0.3 is 0 Å². The van der Waals surface area contributed by atoms with Crippen molar-refractivity contribution in [2.45, 2.75) is 23.8 Å². The Morgan fingerprint density at radius 2 is 1.70 bits per heavy atom. The zero-order chi connectivity index (χ0) is 19.6. The summed E-state index contributed by atoms with van der Waals surface area (Å²) >= 11 is 3.33. The number of carbonyl (C=O) groups is 2. The van der Waals surface area contributed by atoms with Crippen LogP contribution in [0.5, 0.6) is 0 Å². The lowest BCUT2D eigenvalue weighted by atomic mass is 10.1. The van der Waals surface area contributed by atoms with Gasteiger partial charge in [-0.3, -0.25) is 9.59 Å². The maximum absolute atomic E-state index is 12.6. The van der Waals surface area contributed by atoms with E-state index in [-0.39, 0.29) is 23.1 Å². The highest BCUT2D eigenvalue weighted by Crippen LogP contribution is 2.23. The summed E-state index contributed by atoms with van der Waals surface area (Å²) in [6.07, 6.45) is 0.806. The highest BCUT2D eigenvalue weighted by molar-refractivity contribution is 9.10. The molecule has 1 heterocycles. The number of nitrogens with zero attached hydrogens (tertiary/aromatic N) is 1. The van der Waals surface area contributed by atoms with Crippen LogP contribution in [0.4, 0.5) is 5.69 Å². The minimum atomic E-state index is -3.70. The van der Waals surface area contributed by atoms with Crippen molar-refractivity contribution in [1.29, 1.82) is 0 Å². The molecular formula is C18H19BrN3O4S+. The van der Waals surface area contributed by atoms with Crippen LogP contribution in [-0.4, -0.2) is 32.8 Å². The lowest BCUT2D eigenvalue weighted by molar-refractivity contribution is -0.674. The summed E-state index contributed by atoms with van der Waals surface area (Å²) in [6, 6.07) is 12.9. The Hall–Kier alpha value is -2.07. The highest BCUT2D eigenvalue weighted by atomic mass is 79.9. The minimum absolute atomic E-state index is 0.0666. The number of quaternary nitrogens is 1. The van der Waals surface area contributed by atoms with Crippen LogP contribution < -0.4 is 15.4 Å². The molecule has 0 bridgehead atoms. The molecule has 4 N–H and O–H groups in total. The van der Waals surface area contributed by atoms with E-state index in [2.05, 4.69) is 15.9 Å². The fourth-order valence-electron chi connectivity index (χ4n) is 3.00. The van der Waals surface area contributed by atoms with Gasteiger partial charge in [0.2, 0.25) is 15.9 Å². The third-order valence-electron chi connectivity index (χ3n) is 4.40. The lowest BCUT2D eigenvalue weighted by Gasteiger charge is -2.14. The number of anilines is 1. The Bertz CT molecular complexity index is 959. The molecule has 0 saturated carbocycles. The smallest absolute Gasteiger partial charge is 0.292 e. The molecule has 3 rings (SSSR count). The Labute approximate surface area is 165 Å². The number of hydrogen-bond donors (Lipinski definition) is 2. The van der Waals surface area contributed by atoms with Gasteiger partial charge in [-0.1, -0.05) is 28.1 Å². The van der Waals surface area contributed by atoms with Gasteiger partial charge < -0.3 is 5.32 Å². The van der Waals surface area contributed by atoms with Crippen molar-refractivity contribution in [2.24, 2.45) is 5.14 Å². The fourth-order valence-corrected chi connectivity index (χ4v) is 3.78. The first-order valence-corrected chi connectivity index (χ1v) is 10.7. The van der Waals surface area contributed by atoms with Crippen molar-refractivity contribution >= 4 is 43.5 Å². The van der Waals surface area contributed by atoms with E-state index < -0.39 is 16.1 Å². The first-order valence-electron chi connectivity index (χ1n) is 8.33. The Morgan fingerprint density at radius 3 is 2.30 bits per heavy atom. The van der Waals surface area contributed by atoms with Crippen LogP contribution in [0.25, 0.3) is 0 Å². The lowest BCUT2D eigenvalue weighted by Crippen LogP contribution is -2.92. The number of amides is 2. The molecule has 142 valence electrons. The van der Waals surface area contributed by atoms with Crippen LogP contribution in [-0.2, 0) is 26.0 Å². The molecule has 0 radical (unpaired) electrons. The number of sulfonamides is 1. The molecule has 2 aromatic carbocycles. The zero-order valence-corrected chi connectivity index (χ0v) is 16.7. The van der Waals surface area contributed by atoms with E-state index in [4.69, 9.17) is 5.14 Å². The molecule has 7 nitrogen and oxygen atoms in total. The molecule has 0 spiro atoms. The third-order valence-corrected chi connectivity index (χ3v) is 5.86. The first kappa shape index (κ1) is 19.7. The van der Waals surface area contributed by atoms with Crippen molar-refractivity contribution in [3.8, 4) is 0 Å². The normalized spacial score (nSPS) is 17.6. The van der Waals surface area contributed by atoms with Crippen molar-refractivity contribution in [3.63, 3.8) is 0 Å². The monoisotopic (exact) mass is 452 g/mol. The molecule has 1 atom stereocenters.